The van der Waals surface area contributed by atoms with Crippen molar-refractivity contribution < 1.29 is 9.53 Å². The third kappa shape index (κ3) is 5.13. The van der Waals surface area contributed by atoms with Gasteiger partial charge in [-0.2, -0.15) is 0 Å². The van der Waals surface area contributed by atoms with Crippen LogP contribution >= 0.6 is 0 Å². The molecule has 0 saturated carbocycles. The van der Waals surface area contributed by atoms with Crippen molar-refractivity contribution in [3.05, 3.63) is 60.2 Å². The molecule has 0 heterocycles. The molecule has 1 amide bonds. The lowest BCUT2D eigenvalue weighted by molar-refractivity contribution is -0.120. The van der Waals surface area contributed by atoms with Crippen molar-refractivity contribution >= 4 is 11.6 Å². The van der Waals surface area contributed by atoms with E-state index in [9.17, 15) is 4.79 Å². The van der Waals surface area contributed by atoms with Gasteiger partial charge in [-0.1, -0.05) is 36.4 Å². The summed E-state index contributed by atoms with van der Waals surface area (Å²) in [4.78, 5) is 11.8. The number of nitrogens with one attached hydrogen (secondary N) is 2. The molecule has 4 nitrogen and oxygen atoms in total. The number of hydrogen-bond acceptors (Lipinski definition) is 3. The number of para-hydroxylation sites is 2. The van der Waals surface area contributed by atoms with E-state index in [0.29, 0.717) is 19.5 Å². The number of anilines is 1. The monoisotopic (exact) mass is 298 g/mol. The highest BCUT2D eigenvalue weighted by molar-refractivity contribution is 5.76. The number of benzene rings is 2. The fraction of sp³-hybridized carbons (Fsp3) is 0.278. The van der Waals surface area contributed by atoms with Crippen LogP contribution in [0.15, 0.2) is 54.6 Å². The Hall–Kier alpha value is -2.49. The zero-order valence-electron chi connectivity index (χ0n) is 12.8. The highest BCUT2D eigenvalue weighted by atomic mass is 16.5. The Bertz CT molecular complexity index is 585. The molecular weight excluding hydrogens is 276 g/mol. The minimum atomic E-state index is 0.0540. The van der Waals surface area contributed by atoms with Crippen molar-refractivity contribution in [3.8, 4) is 5.75 Å². The quantitative estimate of drug-likeness (QED) is 0.788. The summed E-state index contributed by atoms with van der Waals surface area (Å²) in [5, 5.41) is 6.16. The zero-order valence-corrected chi connectivity index (χ0v) is 12.8. The molecule has 22 heavy (non-hydrogen) atoms. The first-order chi connectivity index (χ1) is 10.8. The lowest BCUT2D eigenvalue weighted by Crippen LogP contribution is -2.27. The summed E-state index contributed by atoms with van der Waals surface area (Å²) in [6.07, 6.45) is 1.22. The summed E-state index contributed by atoms with van der Waals surface area (Å²) in [6, 6.07) is 17.7. The van der Waals surface area contributed by atoms with Crippen LogP contribution in [0.25, 0.3) is 0 Å². The maximum Gasteiger partial charge on any atom is 0.221 e. The number of carbonyl (C=O) groups excluding carboxylic acids is 1. The van der Waals surface area contributed by atoms with E-state index in [1.54, 1.807) is 7.11 Å². The maximum absolute atomic E-state index is 11.8. The van der Waals surface area contributed by atoms with Gasteiger partial charge in [0, 0.05) is 25.2 Å². The smallest absolute Gasteiger partial charge is 0.221 e. The first kappa shape index (κ1) is 15.9. The van der Waals surface area contributed by atoms with Crippen molar-refractivity contribution in [2.45, 2.75) is 12.8 Å². The molecule has 0 atom stereocenters. The third-order valence-corrected chi connectivity index (χ3v) is 3.36. The summed E-state index contributed by atoms with van der Waals surface area (Å²) in [5.41, 5.74) is 2.14. The number of carbonyl (C=O) groups is 1. The molecule has 0 aliphatic heterocycles. The second kappa shape index (κ2) is 8.72. The van der Waals surface area contributed by atoms with Gasteiger partial charge in [0.15, 0.2) is 0 Å². The predicted octanol–water partition coefficient (Wildman–Crippen LogP) is 2.86. The van der Waals surface area contributed by atoms with E-state index in [1.165, 1.54) is 0 Å². The molecule has 2 N–H and O–H groups in total. The van der Waals surface area contributed by atoms with Crippen LogP contribution in [0.1, 0.15) is 12.0 Å². The molecule has 0 bridgehead atoms. The summed E-state index contributed by atoms with van der Waals surface area (Å²) in [6.45, 7) is 1.25. The second-order valence-electron chi connectivity index (χ2n) is 4.95. The van der Waals surface area contributed by atoms with E-state index < -0.39 is 0 Å². The molecule has 0 aromatic heterocycles. The molecule has 4 heteroatoms. The van der Waals surface area contributed by atoms with E-state index in [0.717, 1.165) is 23.4 Å². The molecule has 0 spiro atoms. The summed E-state index contributed by atoms with van der Waals surface area (Å²) in [7, 11) is 1.66. The molecule has 0 radical (unpaired) electrons. The van der Waals surface area contributed by atoms with Crippen LogP contribution in [-0.4, -0.2) is 26.1 Å². The van der Waals surface area contributed by atoms with E-state index in [1.807, 2.05) is 54.6 Å². The first-order valence-corrected chi connectivity index (χ1v) is 7.47. The van der Waals surface area contributed by atoms with Gasteiger partial charge >= 0.3 is 0 Å². The van der Waals surface area contributed by atoms with Gasteiger partial charge in [-0.05, 0) is 30.2 Å². The minimum Gasteiger partial charge on any atom is -0.496 e. The first-order valence-electron chi connectivity index (χ1n) is 7.47. The highest BCUT2D eigenvalue weighted by Crippen LogP contribution is 2.17. The average Bonchev–Trinajstić information content (AvgIpc) is 2.56. The van der Waals surface area contributed by atoms with Crippen LogP contribution in [0.2, 0.25) is 0 Å². The van der Waals surface area contributed by atoms with Gasteiger partial charge in [-0.3, -0.25) is 4.79 Å². The Balaban J connectivity index is 1.65. The fourth-order valence-corrected chi connectivity index (χ4v) is 2.21. The number of methoxy groups -OCH3 is 1. The molecule has 2 aromatic carbocycles. The van der Waals surface area contributed by atoms with Gasteiger partial charge in [-0.25, -0.2) is 0 Å². The van der Waals surface area contributed by atoms with Crippen LogP contribution in [-0.2, 0) is 11.2 Å². The van der Waals surface area contributed by atoms with Gasteiger partial charge in [0.2, 0.25) is 5.91 Å². The standard InChI is InChI=1S/C18H22N2O2/c1-22-17-10-6-5-7-15(17)11-13-20-18(21)12-14-19-16-8-3-2-4-9-16/h2-10,19H,11-14H2,1H3,(H,20,21). The minimum absolute atomic E-state index is 0.0540. The fourth-order valence-electron chi connectivity index (χ4n) is 2.21. The predicted molar refractivity (Wildman–Crippen MR) is 89.3 cm³/mol. The van der Waals surface area contributed by atoms with Crippen LogP contribution in [0, 0.1) is 0 Å². The SMILES string of the molecule is COc1ccccc1CCNC(=O)CCNc1ccccc1. The topological polar surface area (TPSA) is 50.4 Å². The van der Waals surface area contributed by atoms with Crippen molar-refractivity contribution in [3.63, 3.8) is 0 Å². The summed E-state index contributed by atoms with van der Waals surface area (Å²) in [5.74, 6) is 0.917. The molecule has 2 rings (SSSR count). The van der Waals surface area contributed by atoms with E-state index in [4.69, 9.17) is 4.74 Å². The van der Waals surface area contributed by atoms with Crippen molar-refractivity contribution in [2.75, 3.05) is 25.5 Å². The third-order valence-electron chi connectivity index (χ3n) is 3.36. The van der Waals surface area contributed by atoms with Crippen LogP contribution in [0.5, 0.6) is 5.75 Å². The number of amides is 1. The van der Waals surface area contributed by atoms with Crippen LogP contribution < -0.4 is 15.4 Å². The van der Waals surface area contributed by atoms with Crippen LogP contribution in [0.4, 0.5) is 5.69 Å². The van der Waals surface area contributed by atoms with E-state index >= 15 is 0 Å². The van der Waals surface area contributed by atoms with Gasteiger partial charge in [0.05, 0.1) is 7.11 Å². The Morgan fingerprint density at radius 3 is 2.50 bits per heavy atom. The van der Waals surface area contributed by atoms with Crippen LogP contribution in [0.3, 0.4) is 0 Å². The highest BCUT2D eigenvalue weighted by Gasteiger charge is 2.04. The molecular formula is C18H22N2O2. The lowest BCUT2D eigenvalue weighted by Gasteiger charge is -2.09. The number of rotatable bonds is 8. The van der Waals surface area contributed by atoms with Crippen molar-refractivity contribution in [1.82, 2.24) is 5.32 Å². The Labute approximate surface area is 131 Å². The number of hydrogen-bond donors (Lipinski definition) is 2. The molecule has 2 aromatic rings. The largest absolute Gasteiger partial charge is 0.496 e. The zero-order chi connectivity index (χ0) is 15.6. The second-order valence-corrected chi connectivity index (χ2v) is 4.95. The Morgan fingerprint density at radius 1 is 1.00 bits per heavy atom. The normalized spacial score (nSPS) is 10.0. The average molecular weight is 298 g/mol. The molecule has 116 valence electrons. The van der Waals surface area contributed by atoms with Crippen molar-refractivity contribution in [1.29, 1.82) is 0 Å². The maximum atomic E-state index is 11.8. The van der Waals surface area contributed by atoms with Gasteiger partial charge in [-0.15, -0.1) is 0 Å². The van der Waals surface area contributed by atoms with Gasteiger partial charge in [0.1, 0.15) is 5.75 Å². The molecule has 0 aliphatic carbocycles. The molecule has 0 aliphatic rings. The van der Waals surface area contributed by atoms with E-state index in [-0.39, 0.29) is 5.91 Å². The molecule has 0 saturated heterocycles. The molecule has 0 fully saturated rings. The van der Waals surface area contributed by atoms with Gasteiger partial charge in [0.25, 0.3) is 0 Å². The summed E-state index contributed by atoms with van der Waals surface area (Å²) < 4.78 is 5.29. The van der Waals surface area contributed by atoms with E-state index in [2.05, 4.69) is 10.6 Å². The lowest BCUT2D eigenvalue weighted by atomic mass is 10.1. The number of ether oxygens (including phenoxy) is 1. The van der Waals surface area contributed by atoms with Gasteiger partial charge < -0.3 is 15.4 Å². The van der Waals surface area contributed by atoms with Crippen molar-refractivity contribution in [2.24, 2.45) is 0 Å². The Morgan fingerprint density at radius 2 is 1.73 bits per heavy atom. The Kier molecular flexibility index (Phi) is 6.30. The molecule has 0 unspecified atom stereocenters. The summed E-state index contributed by atoms with van der Waals surface area (Å²) >= 11 is 0.